The van der Waals surface area contributed by atoms with Crippen molar-refractivity contribution in [2.24, 2.45) is 0 Å². The molecule has 0 aliphatic carbocycles. The lowest BCUT2D eigenvalue weighted by Gasteiger charge is -2.13. The van der Waals surface area contributed by atoms with Crippen molar-refractivity contribution in [2.75, 3.05) is 7.05 Å². The second-order valence-corrected chi connectivity index (χ2v) is 5.07. The standard InChI is InChI=1S/C14H16Cl2N2O2/c1-8(2)20-12-5-4-9(6-11(12)15)13(17)10(7-19)14(16)18-3/h4-8,17-18H,1-3H3/b14-10-,17-13?. The van der Waals surface area contributed by atoms with Gasteiger partial charge in [-0.05, 0) is 32.0 Å². The molecule has 0 amide bonds. The van der Waals surface area contributed by atoms with E-state index < -0.39 is 0 Å². The number of allylic oxidation sites excluding steroid dienone is 1. The topological polar surface area (TPSA) is 62.2 Å². The van der Waals surface area contributed by atoms with Crippen LogP contribution in [0.1, 0.15) is 19.4 Å². The predicted molar refractivity (Wildman–Crippen MR) is 82.0 cm³/mol. The normalized spacial score (nSPS) is 11.9. The molecule has 0 atom stereocenters. The van der Waals surface area contributed by atoms with Gasteiger partial charge in [0, 0.05) is 12.6 Å². The van der Waals surface area contributed by atoms with E-state index in [0.717, 1.165) is 0 Å². The molecule has 4 nitrogen and oxygen atoms in total. The average Bonchev–Trinajstić information content (AvgIpc) is 2.40. The van der Waals surface area contributed by atoms with Gasteiger partial charge in [-0.25, -0.2) is 0 Å². The number of carbonyl (C=O) groups excluding carboxylic acids is 1. The third-order valence-electron chi connectivity index (χ3n) is 2.43. The number of aldehydes is 1. The second kappa shape index (κ2) is 7.31. The summed E-state index contributed by atoms with van der Waals surface area (Å²) in [7, 11) is 1.58. The van der Waals surface area contributed by atoms with Gasteiger partial charge < -0.3 is 10.1 Å². The number of nitrogens with one attached hydrogen (secondary N) is 2. The first-order valence-corrected chi connectivity index (χ1v) is 6.74. The van der Waals surface area contributed by atoms with Gasteiger partial charge in [0.25, 0.3) is 0 Å². The van der Waals surface area contributed by atoms with E-state index in [-0.39, 0.29) is 22.5 Å². The van der Waals surface area contributed by atoms with Crippen LogP contribution in [-0.4, -0.2) is 25.1 Å². The molecule has 0 heterocycles. The van der Waals surface area contributed by atoms with Gasteiger partial charge in [-0.15, -0.1) is 0 Å². The quantitative estimate of drug-likeness (QED) is 0.366. The van der Waals surface area contributed by atoms with Crippen molar-refractivity contribution in [2.45, 2.75) is 20.0 Å². The second-order valence-electron chi connectivity index (χ2n) is 4.28. The number of benzene rings is 1. The van der Waals surface area contributed by atoms with E-state index in [1.54, 1.807) is 25.2 Å². The summed E-state index contributed by atoms with van der Waals surface area (Å²) in [5.74, 6) is 0.537. The Morgan fingerprint density at radius 1 is 1.45 bits per heavy atom. The van der Waals surface area contributed by atoms with Crippen molar-refractivity contribution in [3.63, 3.8) is 0 Å². The van der Waals surface area contributed by atoms with Gasteiger partial charge >= 0.3 is 0 Å². The molecule has 0 saturated heterocycles. The molecular formula is C14H16Cl2N2O2. The molecule has 0 saturated carbocycles. The van der Waals surface area contributed by atoms with Crippen LogP contribution in [0, 0.1) is 5.41 Å². The van der Waals surface area contributed by atoms with E-state index in [2.05, 4.69) is 5.32 Å². The lowest BCUT2D eigenvalue weighted by molar-refractivity contribution is -0.104. The predicted octanol–water partition coefficient (Wildman–Crippen LogP) is 3.36. The Labute approximate surface area is 128 Å². The smallest absolute Gasteiger partial charge is 0.155 e. The third kappa shape index (κ3) is 3.99. The maximum Gasteiger partial charge on any atom is 0.155 e. The third-order valence-corrected chi connectivity index (χ3v) is 3.11. The minimum absolute atomic E-state index is 0.00182. The number of carbonyl (C=O) groups is 1. The molecule has 0 aliphatic heterocycles. The lowest BCUT2D eigenvalue weighted by atomic mass is 10.0. The van der Waals surface area contributed by atoms with E-state index in [0.29, 0.717) is 22.6 Å². The fourth-order valence-electron chi connectivity index (χ4n) is 1.52. The van der Waals surface area contributed by atoms with Gasteiger partial charge in [0.15, 0.2) is 6.29 Å². The van der Waals surface area contributed by atoms with Crippen molar-refractivity contribution >= 4 is 35.2 Å². The largest absolute Gasteiger partial charge is 0.489 e. The zero-order chi connectivity index (χ0) is 15.3. The van der Waals surface area contributed by atoms with Crippen LogP contribution in [0.3, 0.4) is 0 Å². The number of rotatable bonds is 6. The minimum Gasteiger partial charge on any atom is -0.489 e. The molecule has 2 N–H and O–H groups in total. The molecule has 1 aromatic carbocycles. The van der Waals surface area contributed by atoms with Gasteiger partial charge in [0.2, 0.25) is 0 Å². The summed E-state index contributed by atoms with van der Waals surface area (Å²) in [6, 6.07) is 4.90. The van der Waals surface area contributed by atoms with Gasteiger partial charge in [0.1, 0.15) is 10.9 Å². The maximum atomic E-state index is 11.0. The zero-order valence-corrected chi connectivity index (χ0v) is 13.0. The minimum atomic E-state index is -0.00246. The van der Waals surface area contributed by atoms with E-state index in [9.17, 15) is 4.79 Å². The molecule has 1 aromatic rings. The van der Waals surface area contributed by atoms with Crippen molar-refractivity contribution in [3.8, 4) is 5.75 Å². The molecule has 0 bridgehead atoms. The molecule has 1 rings (SSSR count). The van der Waals surface area contributed by atoms with Crippen LogP contribution in [0.15, 0.2) is 28.9 Å². The van der Waals surface area contributed by atoms with E-state index in [1.165, 1.54) is 0 Å². The van der Waals surface area contributed by atoms with E-state index in [4.69, 9.17) is 33.3 Å². The summed E-state index contributed by atoms with van der Waals surface area (Å²) in [5.41, 5.74) is 0.557. The maximum absolute atomic E-state index is 11.0. The first kappa shape index (κ1) is 16.5. The zero-order valence-electron chi connectivity index (χ0n) is 11.5. The Bertz CT molecular complexity index is 554. The lowest BCUT2D eigenvalue weighted by Crippen LogP contribution is -2.13. The summed E-state index contributed by atoms with van der Waals surface area (Å²) >= 11 is 12.0. The first-order valence-electron chi connectivity index (χ1n) is 5.98. The SMILES string of the molecule is CN/C(Cl)=C(/C=O)C(=N)c1ccc(OC(C)C)c(Cl)c1. The van der Waals surface area contributed by atoms with Crippen LogP contribution in [0.4, 0.5) is 0 Å². The summed E-state index contributed by atoms with van der Waals surface area (Å²) in [6.07, 6.45) is 0.537. The van der Waals surface area contributed by atoms with Crippen molar-refractivity contribution in [1.82, 2.24) is 5.32 Å². The van der Waals surface area contributed by atoms with Crippen molar-refractivity contribution in [3.05, 3.63) is 39.5 Å². The molecule has 108 valence electrons. The van der Waals surface area contributed by atoms with Gasteiger partial charge in [-0.1, -0.05) is 23.2 Å². The van der Waals surface area contributed by atoms with Crippen LogP contribution >= 0.6 is 23.2 Å². The Morgan fingerprint density at radius 2 is 2.10 bits per heavy atom. The number of ether oxygens (including phenoxy) is 1. The summed E-state index contributed by atoms with van der Waals surface area (Å²) in [5, 5.41) is 11.1. The molecule has 0 aromatic heterocycles. The average molecular weight is 315 g/mol. The molecule has 6 heteroatoms. The fraction of sp³-hybridized carbons (Fsp3) is 0.286. The Kier molecular flexibility index (Phi) is 6.05. The van der Waals surface area contributed by atoms with Crippen molar-refractivity contribution in [1.29, 1.82) is 5.41 Å². The summed E-state index contributed by atoms with van der Waals surface area (Å²) in [6.45, 7) is 3.79. The van der Waals surface area contributed by atoms with E-state index in [1.807, 2.05) is 13.8 Å². The van der Waals surface area contributed by atoms with Crippen LogP contribution < -0.4 is 10.1 Å². The monoisotopic (exact) mass is 314 g/mol. The molecule has 0 fully saturated rings. The summed E-state index contributed by atoms with van der Waals surface area (Å²) < 4.78 is 5.51. The van der Waals surface area contributed by atoms with Gasteiger partial charge in [0.05, 0.1) is 22.4 Å². The molecule has 0 aliphatic rings. The Morgan fingerprint density at radius 3 is 2.55 bits per heavy atom. The van der Waals surface area contributed by atoms with Crippen LogP contribution in [-0.2, 0) is 4.79 Å². The number of halogens is 2. The highest BCUT2D eigenvalue weighted by Crippen LogP contribution is 2.27. The summed E-state index contributed by atoms with van der Waals surface area (Å²) in [4.78, 5) is 11.0. The number of hydrogen-bond acceptors (Lipinski definition) is 4. The fourth-order valence-corrected chi connectivity index (χ4v) is 1.88. The Balaban J connectivity index is 3.13. The number of hydrogen-bond donors (Lipinski definition) is 2. The highest BCUT2D eigenvalue weighted by Gasteiger charge is 2.14. The Hall–Kier alpha value is -1.52. The molecule has 0 radical (unpaired) electrons. The van der Waals surface area contributed by atoms with Crippen molar-refractivity contribution < 1.29 is 9.53 Å². The van der Waals surface area contributed by atoms with Crippen LogP contribution in [0.5, 0.6) is 5.75 Å². The van der Waals surface area contributed by atoms with Gasteiger partial charge in [-0.3, -0.25) is 10.2 Å². The van der Waals surface area contributed by atoms with Gasteiger partial charge in [-0.2, -0.15) is 0 Å². The van der Waals surface area contributed by atoms with Crippen LogP contribution in [0.25, 0.3) is 0 Å². The van der Waals surface area contributed by atoms with E-state index >= 15 is 0 Å². The molecule has 0 unspecified atom stereocenters. The highest BCUT2D eigenvalue weighted by molar-refractivity contribution is 6.37. The molecule has 20 heavy (non-hydrogen) atoms. The van der Waals surface area contributed by atoms with Crippen LogP contribution in [0.2, 0.25) is 5.02 Å². The first-order chi connectivity index (χ1) is 9.40. The molecule has 0 spiro atoms. The highest BCUT2D eigenvalue weighted by atomic mass is 35.5. The molecular weight excluding hydrogens is 299 g/mol.